The number of aromatic nitrogens is 2. The standard InChI is InChI=1S/C25H32F3N5O3S/c1-22(2,3)32-37-19-6-4-5-18(30-19)31-21(35)16-7-8-17(24(36,15-34)25(26,27)28)29-20(16)33-13-11-23(9-10-23)12-14-33/h4-8,32,34,36H,9-15H2,1-3H3,(H,30,31,35)/t24-/m1/s1. The molecule has 1 saturated carbocycles. The summed E-state index contributed by atoms with van der Waals surface area (Å²) in [4.78, 5) is 23.6. The molecule has 1 aliphatic heterocycles. The molecule has 1 spiro atoms. The second-order valence-corrected chi connectivity index (χ2v) is 11.7. The molecule has 0 radical (unpaired) electrons. The number of halogens is 3. The van der Waals surface area contributed by atoms with E-state index in [4.69, 9.17) is 0 Å². The van der Waals surface area contributed by atoms with Crippen LogP contribution in [0.15, 0.2) is 35.4 Å². The van der Waals surface area contributed by atoms with Crippen molar-refractivity contribution < 1.29 is 28.2 Å². The van der Waals surface area contributed by atoms with E-state index in [0.717, 1.165) is 31.7 Å². The van der Waals surface area contributed by atoms with Gasteiger partial charge in [0.2, 0.25) is 5.60 Å². The molecule has 3 heterocycles. The highest BCUT2D eigenvalue weighted by Crippen LogP contribution is 2.54. The maximum atomic E-state index is 13.6. The van der Waals surface area contributed by atoms with Crippen molar-refractivity contribution in [3.63, 3.8) is 0 Å². The first kappa shape index (κ1) is 27.6. The molecule has 1 atom stereocenters. The Hall–Kier alpha value is -2.41. The summed E-state index contributed by atoms with van der Waals surface area (Å²) in [5, 5.41) is 23.0. The summed E-state index contributed by atoms with van der Waals surface area (Å²) in [6, 6.07) is 7.28. The number of amides is 1. The Labute approximate surface area is 218 Å². The lowest BCUT2D eigenvalue weighted by Gasteiger charge is -2.35. The van der Waals surface area contributed by atoms with Gasteiger partial charge in [-0.25, -0.2) is 9.97 Å². The first-order chi connectivity index (χ1) is 17.3. The molecule has 0 unspecified atom stereocenters. The summed E-state index contributed by atoms with van der Waals surface area (Å²) in [6.07, 6.45) is -1.19. The van der Waals surface area contributed by atoms with Crippen LogP contribution in [0, 0.1) is 5.41 Å². The van der Waals surface area contributed by atoms with E-state index in [2.05, 4.69) is 20.0 Å². The molecular weight excluding hydrogens is 507 g/mol. The number of carbonyl (C=O) groups excluding carboxylic acids is 1. The quantitative estimate of drug-likeness (QED) is 0.387. The van der Waals surface area contributed by atoms with E-state index in [1.165, 1.54) is 18.0 Å². The minimum atomic E-state index is -5.15. The van der Waals surface area contributed by atoms with Gasteiger partial charge in [-0.2, -0.15) is 13.2 Å². The molecule has 4 rings (SSSR count). The number of rotatable bonds is 7. The van der Waals surface area contributed by atoms with Crippen LogP contribution in [0.5, 0.6) is 0 Å². The van der Waals surface area contributed by atoms with Crippen molar-refractivity contribution in [1.82, 2.24) is 14.7 Å². The summed E-state index contributed by atoms with van der Waals surface area (Å²) < 4.78 is 44.2. The molecule has 0 aromatic carbocycles. The van der Waals surface area contributed by atoms with Crippen molar-refractivity contribution in [3.8, 4) is 0 Å². The lowest BCUT2D eigenvalue weighted by molar-refractivity contribution is -0.279. The highest BCUT2D eigenvalue weighted by molar-refractivity contribution is 7.97. The predicted molar refractivity (Wildman–Crippen MR) is 135 cm³/mol. The summed E-state index contributed by atoms with van der Waals surface area (Å²) in [7, 11) is 0. The zero-order valence-corrected chi connectivity index (χ0v) is 21.8. The number of aliphatic hydroxyl groups excluding tert-OH is 1. The van der Waals surface area contributed by atoms with Gasteiger partial charge >= 0.3 is 6.18 Å². The Morgan fingerprint density at radius 3 is 2.32 bits per heavy atom. The Morgan fingerprint density at radius 1 is 1.08 bits per heavy atom. The van der Waals surface area contributed by atoms with Crippen LogP contribution >= 0.6 is 11.9 Å². The molecule has 4 N–H and O–H groups in total. The number of nitrogens with one attached hydrogen (secondary N) is 2. The molecular formula is C25H32F3N5O3S. The smallest absolute Gasteiger partial charge is 0.393 e. The fraction of sp³-hybridized carbons (Fsp3) is 0.560. The Morgan fingerprint density at radius 2 is 1.76 bits per heavy atom. The third-order valence-corrected chi connectivity index (χ3v) is 7.90. The van der Waals surface area contributed by atoms with Crippen LogP contribution in [0.1, 0.15) is 62.5 Å². The normalized spacial score (nSPS) is 19.0. The first-order valence-electron chi connectivity index (χ1n) is 12.1. The lowest BCUT2D eigenvalue weighted by Crippen LogP contribution is -2.46. The van der Waals surface area contributed by atoms with E-state index < -0.39 is 30.0 Å². The SMILES string of the molecule is CC(C)(C)NSc1cccc(NC(=O)c2ccc([C@](O)(CO)C(F)(F)F)nc2N2CCC3(CC2)CC3)n1. The highest BCUT2D eigenvalue weighted by Gasteiger charge is 2.56. The number of carbonyl (C=O) groups is 1. The molecule has 12 heteroatoms. The van der Waals surface area contributed by atoms with Gasteiger partial charge in [-0.15, -0.1) is 0 Å². The van der Waals surface area contributed by atoms with Crippen LogP contribution in [0.4, 0.5) is 24.8 Å². The number of aliphatic hydroxyl groups is 2. The zero-order chi connectivity index (χ0) is 27.1. The zero-order valence-electron chi connectivity index (χ0n) is 21.0. The third-order valence-electron chi connectivity index (χ3n) is 6.75. The predicted octanol–water partition coefficient (Wildman–Crippen LogP) is 4.25. The van der Waals surface area contributed by atoms with Crippen LogP contribution in [-0.4, -0.2) is 57.5 Å². The van der Waals surface area contributed by atoms with Gasteiger partial charge in [0.25, 0.3) is 5.91 Å². The Kier molecular flexibility index (Phi) is 7.50. The van der Waals surface area contributed by atoms with E-state index in [1.807, 2.05) is 20.8 Å². The molecule has 2 aromatic heterocycles. The molecule has 1 saturated heterocycles. The number of piperidine rings is 1. The Balaban J connectivity index is 1.63. The summed E-state index contributed by atoms with van der Waals surface area (Å²) >= 11 is 1.31. The molecule has 37 heavy (non-hydrogen) atoms. The lowest BCUT2D eigenvalue weighted by atomic mass is 9.93. The number of anilines is 2. The molecule has 0 bridgehead atoms. The molecule has 2 fully saturated rings. The van der Waals surface area contributed by atoms with Crippen LogP contribution in [0.25, 0.3) is 0 Å². The van der Waals surface area contributed by atoms with E-state index in [9.17, 15) is 28.2 Å². The van der Waals surface area contributed by atoms with Gasteiger partial charge in [-0.05, 0) is 88.1 Å². The van der Waals surface area contributed by atoms with Crippen molar-refractivity contribution >= 4 is 29.5 Å². The molecule has 1 aliphatic carbocycles. The fourth-order valence-electron chi connectivity index (χ4n) is 4.21. The average molecular weight is 540 g/mol. The van der Waals surface area contributed by atoms with Gasteiger partial charge in [-0.3, -0.25) is 9.52 Å². The van der Waals surface area contributed by atoms with Crippen LogP contribution in [0.2, 0.25) is 0 Å². The fourth-order valence-corrected chi connectivity index (χ4v) is 4.91. The first-order valence-corrected chi connectivity index (χ1v) is 13.0. The number of nitrogens with zero attached hydrogens (tertiary/aromatic N) is 3. The van der Waals surface area contributed by atoms with Crippen molar-refractivity contribution in [2.75, 3.05) is 29.9 Å². The minimum absolute atomic E-state index is 0.0431. The summed E-state index contributed by atoms with van der Waals surface area (Å²) in [6.45, 7) is 5.49. The minimum Gasteiger partial charge on any atom is -0.393 e. The van der Waals surface area contributed by atoms with E-state index in [0.29, 0.717) is 18.1 Å². The van der Waals surface area contributed by atoms with E-state index >= 15 is 0 Å². The van der Waals surface area contributed by atoms with E-state index in [-0.39, 0.29) is 28.2 Å². The topological polar surface area (TPSA) is 111 Å². The summed E-state index contributed by atoms with van der Waals surface area (Å²) in [5.74, 6) is -0.265. The van der Waals surface area contributed by atoms with Gasteiger partial charge in [0.15, 0.2) is 0 Å². The van der Waals surface area contributed by atoms with Gasteiger partial charge in [0.1, 0.15) is 16.7 Å². The van der Waals surface area contributed by atoms with Crippen LogP contribution < -0.4 is 14.9 Å². The monoisotopic (exact) mass is 539 g/mol. The average Bonchev–Trinajstić information content (AvgIpc) is 3.60. The Bertz CT molecular complexity index is 1140. The molecule has 1 amide bonds. The maximum Gasteiger partial charge on any atom is 0.425 e. The van der Waals surface area contributed by atoms with Crippen molar-refractivity contribution in [1.29, 1.82) is 0 Å². The number of hydrogen-bond acceptors (Lipinski definition) is 8. The van der Waals surface area contributed by atoms with Crippen LogP contribution in [-0.2, 0) is 5.60 Å². The number of alkyl halides is 3. The molecule has 202 valence electrons. The molecule has 2 aromatic rings. The molecule has 2 aliphatic rings. The highest BCUT2D eigenvalue weighted by atomic mass is 32.2. The summed E-state index contributed by atoms with van der Waals surface area (Å²) in [5.41, 5.74) is -4.11. The molecule has 8 nitrogen and oxygen atoms in total. The van der Waals surface area contributed by atoms with Gasteiger partial charge in [0, 0.05) is 18.6 Å². The van der Waals surface area contributed by atoms with Crippen molar-refractivity contribution in [2.24, 2.45) is 5.41 Å². The van der Waals surface area contributed by atoms with Gasteiger partial charge in [-0.1, -0.05) is 6.07 Å². The number of pyridine rings is 2. The number of hydrogen-bond donors (Lipinski definition) is 4. The second kappa shape index (κ2) is 10.0. The van der Waals surface area contributed by atoms with Crippen molar-refractivity contribution in [3.05, 3.63) is 41.6 Å². The van der Waals surface area contributed by atoms with Crippen LogP contribution in [0.3, 0.4) is 0 Å². The third kappa shape index (κ3) is 6.19. The van der Waals surface area contributed by atoms with E-state index in [1.54, 1.807) is 23.1 Å². The van der Waals surface area contributed by atoms with Crippen molar-refractivity contribution in [2.45, 2.75) is 68.8 Å². The second-order valence-electron chi connectivity index (χ2n) is 10.8. The largest absolute Gasteiger partial charge is 0.425 e. The maximum absolute atomic E-state index is 13.6. The van der Waals surface area contributed by atoms with Gasteiger partial charge < -0.3 is 20.4 Å². The van der Waals surface area contributed by atoms with Gasteiger partial charge in [0.05, 0.1) is 17.9 Å².